The summed E-state index contributed by atoms with van der Waals surface area (Å²) in [4.78, 5) is 2.64. The predicted octanol–water partition coefficient (Wildman–Crippen LogP) is 2.91. The van der Waals surface area contributed by atoms with Crippen molar-refractivity contribution in [1.82, 2.24) is 10.2 Å². The lowest BCUT2D eigenvalue weighted by molar-refractivity contribution is 0.228. The van der Waals surface area contributed by atoms with E-state index in [0.717, 1.165) is 44.7 Å². The molecule has 4 rings (SSSR count). The van der Waals surface area contributed by atoms with Gasteiger partial charge in [0.2, 0.25) is 0 Å². The molecule has 3 aliphatic rings. The third-order valence-corrected chi connectivity index (χ3v) is 8.46. The SMILES string of the molecule is O=S(=O)(CCN[C@@H]1CCN(C2CC2)[C@H]1c1ccccc1)C1CCCC1. The highest BCUT2D eigenvalue weighted by Crippen LogP contribution is 2.41. The first kappa shape index (κ1) is 17.5. The molecule has 4 nitrogen and oxygen atoms in total. The van der Waals surface area contributed by atoms with Crippen LogP contribution in [0.1, 0.15) is 56.6 Å². The van der Waals surface area contributed by atoms with Gasteiger partial charge in [-0.25, -0.2) is 8.42 Å². The maximum Gasteiger partial charge on any atom is 0.154 e. The van der Waals surface area contributed by atoms with Crippen LogP contribution in [0.4, 0.5) is 0 Å². The van der Waals surface area contributed by atoms with E-state index in [4.69, 9.17) is 0 Å². The van der Waals surface area contributed by atoms with Crippen molar-refractivity contribution < 1.29 is 8.42 Å². The summed E-state index contributed by atoms with van der Waals surface area (Å²) in [7, 11) is -2.93. The molecule has 2 atom stereocenters. The smallest absolute Gasteiger partial charge is 0.154 e. The quantitative estimate of drug-likeness (QED) is 0.810. The van der Waals surface area contributed by atoms with Crippen molar-refractivity contribution in [2.45, 2.75) is 68.3 Å². The predicted molar refractivity (Wildman–Crippen MR) is 101 cm³/mol. The molecule has 0 aromatic heterocycles. The molecular weight excluding hydrogens is 332 g/mol. The third kappa shape index (κ3) is 3.93. The van der Waals surface area contributed by atoms with Crippen LogP contribution < -0.4 is 5.32 Å². The molecule has 138 valence electrons. The summed E-state index contributed by atoms with van der Waals surface area (Å²) in [6.07, 6.45) is 7.62. The number of hydrogen-bond donors (Lipinski definition) is 1. The summed E-state index contributed by atoms with van der Waals surface area (Å²) in [5.41, 5.74) is 1.36. The minimum Gasteiger partial charge on any atom is -0.311 e. The average Bonchev–Trinajstić information content (AvgIpc) is 3.13. The van der Waals surface area contributed by atoms with Gasteiger partial charge in [0.15, 0.2) is 9.84 Å². The highest BCUT2D eigenvalue weighted by molar-refractivity contribution is 7.92. The first-order chi connectivity index (χ1) is 12.1. The van der Waals surface area contributed by atoms with Gasteiger partial charge in [-0.15, -0.1) is 0 Å². The topological polar surface area (TPSA) is 49.4 Å². The number of hydrogen-bond acceptors (Lipinski definition) is 4. The fraction of sp³-hybridized carbons (Fsp3) is 0.700. The lowest BCUT2D eigenvalue weighted by atomic mass is 10.00. The summed E-state index contributed by atoms with van der Waals surface area (Å²) < 4.78 is 25.0. The minimum absolute atomic E-state index is 0.0780. The Kier molecular flexibility index (Phi) is 5.16. The fourth-order valence-electron chi connectivity index (χ4n) is 4.72. The van der Waals surface area contributed by atoms with E-state index in [1.165, 1.54) is 18.4 Å². The number of sulfone groups is 1. The maximum atomic E-state index is 12.5. The van der Waals surface area contributed by atoms with E-state index in [1.54, 1.807) is 0 Å². The Balaban J connectivity index is 1.39. The molecular formula is C20H30N2O2S. The van der Waals surface area contributed by atoms with Crippen LogP contribution in [0.3, 0.4) is 0 Å². The van der Waals surface area contributed by atoms with Crippen LogP contribution in [0.25, 0.3) is 0 Å². The monoisotopic (exact) mass is 362 g/mol. The Morgan fingerprint density at radius 2 is 1.72 bits per heavy atom. The Labute approximate surface area is 151 Å². The van der Waals surface area contributed by atoms with Gasteiger partial charge in [0, 0.05) is 25.2 Å². The molecule has 0 radical (unpaired) electrons. The molecule has 1 saturated heterocycles. The van der Waals surface area contributed by atoms with Crippen LogP contribution in [0.15, 0.2) is 30.3 Å². The van der Waals surface area contributed by atoms with E-state index >= 15 is 0 Å². The summed E-state index contributed by atoms with van der Waals surface area (Å²) in [6.45, 7) is 1.71. The van der Waals surface area contributed by atoms with Crippen LogP contribution in [0.2, 0.25) is 0 Å². The number of nitrogens with one attached hydrogen (secondary N) is 1. The molecule has 1 aromatic carbocycles. The zero-order chi connectivity index (χ0) is 17.3. The lowest BCUT2D eigenvalue weighted by Gasteiger charge is -2.29. The molecule has 2 saturated carbocycles. The lowest BCUT2D eigenvalue weighted by Crippen LogP contribution is -2.39. The maximum absolute atomic E-state index is 12.5. The second kappa shape index (κ2) is 7.37. The normalized spacial score (nSPS) is 28.6. The molecule has 1 heterocycles. The van der Waals surface area contributed by atoms with Gasteiger partial charge in [-0.2, -0.15) is 0 Å². The van der Waals surface area contributed by atoms with Crippen LogP contribution in [0, 0.1) is 0 Å². The van der Waals surface area contributed by atoms with Crippen LogP contribution in [-0.4, -0.2) is 49.5 Å². The molecule has 1 N–H and O–H groups in total. The molecule has 0 spiro atoms. The Hall–Kier alpha value is -0.910. The van der Waals surface area contributed by atoms with Crippen molar-refractivity contribution in [3.05, 3.63) is 35.9 Å². The molecule has 0 unspecified atom stereocenters. The Bertz CT molecular complexity index is 666. The van der Waals surface area contributed by atoms with Gasteiger partial charge in [-0.05, 0) is 37.7 Å². The Morgan fingerprint density at radius 3 is 2.40 bits per heavy atom. The fourth-order valence-corrected chi connectivity index (χ4v) is 6.51. The highest BCUT2D eigenvalue weighted by Gasteiger charge is 2.42. The number of nitrogens with zero attached hydrogens (tertiary/aromatic N) is 1. The molecule has 25 heavy (non-hydrogen) atoms. The number of likely N-dealkylation sites (tertiary alicyclic amines) is 1. The van der Waals surface area contributed by atoms with Gasteiger partial charge in [-0.1, -0.05) is 43.2 Å². The summed E-state index contributed by atoms with van der Waals surface area (Å²) in [5.74, 6) is 0.291. The molecule has 2 aliphatic carbocycles. The molecule has 5 heteroatoms. The number of rotatable bonds is 7. The van der Waals surface area contributed by atoms with Crippen molar-refractivity contribution in [3.63, 3.8) is 0 Å². The van der Waals surface area contributed by atoms with E-state index in [0.29, 0.717) is 24.4 Å². The zero-order valence-electron chi connectivity index (χ0n) is 14.9. The third-order valence-electron chi connectivity index (χ3n) is 6.20. The molecule has 1 aliphatic heterocycles. The van der Waals surface area contributed by atoms with Gasteiger partial charge in [0.05, 0.1) is 17.0 Å². The summed E-state index contributed by atoms with van der Waals surface area (Å²) >= 11 is 0. The van der Waals surface area contributed by atoms with Crippen molar-refractivity contribution >= 4 is 9.84 Å². The standard InChI is InChI=1S/C20H30N2O2S/c23-25(24,18-8-4-5-9-18)15-13-21-19-12-14-22(17-10-11-17)20(19)16-6-2-1-3-7-16/h1-3,6-7,17-21H,4-5,8-15H2/t19-,20+/m1/s1. The first-order valence-electron chi connectivity index (χ1n) is 9.91. The van der Waals surface area contributed by atoms with Gasteiger partial charge in [-0.3, -0.25) is 4.90 Å². The Morgan fingerprint density at radius 1 is 1.00 bits per heavy atom. The van der Waals surface area contributed by atoms with Crippen molar-refractivity contribution in [2.75, 3.05) is 18.8 Å². The largest absolute Gasteiger partial charge is 0.311 e. The molecule has 0 amide bonds. The molecule has 3 fully saturated rings. The second-order valence-electron chi connectivity index (χ2n) is 7.95. The van der Waals surface area contributed by atoms with Crippen molar-refractivity contribution in [3.8, 4) is 0 Å². The van der Waals surface area contributed by atoms with Gasteiger partial charge in [0.1, 0.15) is 0 Å². The van der Waals surface area contributed by atoms with Gasteiger partial charge in [0.25, 0.3) is 0 Å². The van der Waals surface area contributed by atoms with E-state index in [2.05, 4.69) is 40.5 Å². The van der Waals surface area contributed by atoms with E-state index in [1.807, 2.05) is 0 Å². The highest BCUT2D eigenvalue weighted by atomic mass is 32.2. The van der Waals surface area contributed by atoms with Crippen LogP contribution in [-0.2, 0) is 9.84 Å². The zero-order valence-corrected chi connectivity index (χ0v) is 15.8. The summed E-state index contributed by atoms with van der Waals surface area (Å²) in [6, 6.07) is 12.2. The van der Waals surface area contributed by atoms with Crippen LogP contribution in [0.5, 0.6) is 0 Å². The molecule has 1 aromatic rings. The second-order valence-corrected chi connectivity index (χ2v) is 10.3. The van der Waals surface area contributed by atoms with Gasteiger partial charge < -0.3 is 5.32 Å². The number of benzene rings is 1. The van der Waals surface area contributed by atoms with Crippen molar-refractivity contribution in [2.24, 2.45) is 0 Å². The minimum atomic E-state index is -2.93. The van der Waals surface area contributed by atoms with E-state index in [-0.39, 0.29) is 5.25 Å². The summed E-state index contributed by atoms with van der Waals surface area (Å²) in [5, 5.41) is 3.52. The first-order valence-corrected chi connectivity index (χ1v) is 11.6. The van der Waals surface area contributed by atoms with Gasteiger partial charge >= 0.3 is 0 Å². The van der Waals surface area contributed by atoms with Crippen LogP contribution >= 0.6 is 0 Å². The average molecular weight is 363 g/mol. The van der Waals surface area contributed by atoms with E-state index in [9.17, 15) is 8.42 Å². The van der Waals surface area contributed by atoms with E-state index < -0.39 is 9.84 Å². The molecule has 0 bridgehead atoms. The van der Waals surface area contributed by atoms with Crippen molar-refractivity contribution in [1.29, 1.82) is 0 Å².